The van der Waals surface area contributed by atoms with Gasteiger partial charge in [-0.3, -0.25) is 4.79 Å². The Morgan fingerprint density at radius 3 is 2.58 bits per heavy atom. The molecule has 0 bridgehead atoms. The Labute approximate surface area is 119 Å². The average molecular weight is 286 g/mol. The molecule has 0 aliphatic carbocycles. The van der Waals surface area contributed by atoms with Crippen LogP contribution in [0.25, 0.3) is 0 Å². The number of hydrogen-bond acceptors (Lipinski definition) is 3. The summed E-state index contributed by atoms with van der Waals surface area (Å²) in [5.74, 6) is -0.204. The standard InChI is InChI=1S/C12H14ClNO3.C2H6/c1-8(17-9-6-16-7-9)12(15)14-11-5-3-2-4-10(11)13;1-2/h2-5,8-9H,6-7H2,1H3,(H,14,15);1-2H3. The molecule has 2 rings (SSSR count). The van der Waals surface area contributed by atoms with Crippen LogP contribution in [0.5, 0.6) is 0 Å². The maximum atomic E-state index is 11.8. The van der Waals surface area contributed by atoms with E-state index < -0.39 is 6.10 Å². The second-order valence-electron chi connectivity index (χ2n) is 3.91. The molecule has 19 heavy (non-hydrogen) atoms. The summed E-state index contributed by atoms with van der Waals surface area (Å²) in [4.78, 5) is 11.8. The molecule has 1 unspecified atom stereocenters. The molecule has 1 fully saturated rings. The second-order valence-corrected chi connectivity index (χ2v) is 4.31. The number of ether oxygens (including phenoxy) is 2. The molecule has 5 heteroatoms. The van der Waals surface area contributed by atoms with Gasteiger partial charge in [-0.2, -0.15) is 0 Å². The van der Waals surface area contributed by atoms with E-state index in [1.54, 1.807) is 19.1 Å². The monoisotopic (exact) mass is 285 g/mol. The fraction of sp³-hybridized carbons (Fsp3) is 0.500. The molecule has 106 valence electrons. The number of anilines is 1. The zero-order valence-electron chi connectivity index (χ0n) is 11.5. The third-order valence-electron chi connectivity index (χ3n) is 2.51. The molecular weight excluding hydrogens is 266 g/mol. The third kappa shape index (κ3) is 4.82. The molecule has 0 spiro atoms. The second kappa shape index (κ2) is 8.15. The predicted octanol–water partition coefficient (Wildman–Crippen LogP) is 3.11. The highest BCUT2D eigenvalue weighted by molar-refractivity contribution is 6.33. The van der Waals surface area contributed by atoms with Gasteiger partial charge in [0.15, 0.2) is 0 Å². The molecule has 1 atom stereocenters. The van der Waals surface area contributed by atoms with Crippen LogP contribution in [-0.4, -0.2) is 31.3 Å². The lowest BCUT2D eigenvalue weighted by atomic mass is 10.2. The maximum Gasteiger partial charge on any atom is 0.253 e. The van der Waals surface area contributed by atoms with E-state index in [9.17, 15) is 4.79 Å². The number of carbonyl (C=O) groups is 1. The van der Waals surface area contributed by atoms with Gasteiger partial charge >= 0.3 is 0 Å². The Bertz CT molecular complexity index is 407. The first kappa shape index (κ1) is 16.0. The van der Waals surface area contributed by atoms with Crippen LogP contribution >= 0.6 is 11.6 Å². The summed E-state index contributed by atoms with van der Waals surface area (Å²) in [6.07, 6.45) is -0.484. The van der Waals surface area contributed by atoms with Crippen LogP contribution in [-0.2, 0) is 14.3 Å². The first-order valence-corrected chi connectivity index (χ1v) is 6.83. The first-order valence-electron chi connectivity index (χ1n) is 6.45. The van der Waals surface area contributed by atoms with Gasteiger partial charge in [-0.05, 0) is 19.1 Å². The molecule has 0 saturated carbocycles. The van der Waals surface area contributed by atoms with Crippen LogP contribution in [0.3, 0.4) is 0 Å². The van der Waals surface area contributed by atoms with Crippen molar-refractivity contribution in [3.63, 3.8) is 0 Å². The number of rotatable bonds is 4. The fourth-order valence-corrected chi connectivity index (χ4v) is 1.62. The lowest BCUT2D eigenvalue weighted by molar-refractivity contribution is -0.161. The number of hydrogen-bond donors (Lipinski definition) is 1. The molecule has 0 aromatic heterocycles. The van der Waals surface area contributed by atoms with Gasteiger partial charge in [0.25, 0.3) is 5.91 Å². The van der Waals surface area contributed by atoms with Crippen LogP contribution < -0.4 is 5.32 Å². The van der Waals surface area contributed by atoms with E-state index >= 15 is 0 Å². The van der Waals surface area contributed by atoms with Crippen molar-refractivity contribution in [1.82, 2.24) is 0 Å². The van der Waals surface area contributed by atoms with Crippen molar-refractivity contribution in [1.29, 1.82) is 0 Å². The molecule has 1 N–H and O–H groups in total. The Morgan fingerprint density at radius 1 is 1.42 bits per heavy atom. The Kier molecular flexibility index (Phi) is 6.84. The SMILES string of the molecule is CC.CC(OC1COC1)C(=O)Nc1ccccc1Cl. The minimum atomic E-state index is -0.514. The topological polar surface area (TPSA) is 47.6 Å². The summed E-state index contributed by atoms with van der Waals surface area (Å²) >= 11 is 5.94. The van der Waals surface area contributed by atoms with Gasteiger partial charge in [-0.15, -0.1) is 0 Å². The normalized spacial score (nSPS) is 15.8. The largest absolute Gasteiger partial charge is 0.376 e. The van der Waals surface area contributed by atoms with Crippen molar-refractivity contribution < 1.29 is 14.3 Å². The van der Waals surface area contributed by atoms with Gasteiger partial charge < -0.3 is 14.8 Å². The minimum Gasteiger partial charge on any atom is -0.376 e. The molecule has 1 aromatic rings. The van der Waals surface area contributed by atoms with E-state index in [1.807, 2.05) is 26.0 Å². The highest BCUT2D eigenvalue weighted by Gasteiger charge is 2.25. The highest BCUT2D eigenvalue weighted by atomic mass is 35.5. The third-order valence-corrected chi connectivity index (χ3v) is 2.83. The van der Waals surface area contributed by atoms with Gasteiger partial charge in [0.2, 0.25) is 0 Å². The van der Waals surface area contributed by atoms with Crippen LogP contribution in [0.15, 0.2) is 24.3 Å². The number of para-hydroxylation sites is 1. The summed E-state index contributed by atoms with van der Waals surface area (Å²) in [7, 11) is 0. The molecule has 0 radical (unpaired) electrons. The smallest absolute Gasteiger partial charge is 0.253 e. The van der Waals surface area contributed by atoms with Crippen molar-refractivity contribution in [2.24, 2.45) is 0 Å². The quantitative estimate of drug-likeness (QED) is 0.925. The Balaban J connectivity index is 0.000000861. The van der Waals surface area contributed by atoms with Gasteiger partial charge in [0, 0.05) is 0 Å². The lowest BCUT2D eigenvalue weighted by Gasteiger charge is -2.28. The Hall–Kier alpha value is -1.10. The number of amides is 1. The fourth-order valence-electron chi connectivity index (χ4n) is 1.44. The summed E-state index contributed by atoms with van der Waals surface area (Å²) in [5, 5.41) is 3.24. The molecule has 4 nitrogen and oxygen atoms in total. The average Bonchev–Trinajstić information content (AvgIpc) is 2.38. The molecule has 1 heterocycles. The van der Waals surface area contributed by atoms with E-state index in [4.69, 9.17) is 21.1 Å². The van der Waals surface area contributed by atoms with E-state index in [1.165, 1.54) is 0 Å². The van der Waals surface area contributed by atoms with E-state index in [0.717, 1.165) is 0 Å². The molecule has 1 aliphatic rings. The van der Waals surface area contributed by atoms with Gasteiger partial charge in [-0.25, -0.2) is 0 Å². The number of halogens is 1. The summed E-state index contributed by atoms with van der Waals surface area (Å²) in [6, 6.07) is 7.10. The van der Waals surface area contributed by atoms with Gasteiger partial charge in [0.1, 0.15) is 12.2 Å². The van der Waals surface area contributed by atoms with E-state index in [-0.39, 0.29) is 12.0 Å². The number of nitrogens with one attached hydrogen (secondary N) is 1. The molecular formula is C14H20ClNO3. The van der Waals surface area contributed by atoms with Gasteiger partial charge in [0.05, 0.1) is 23.9 Å². The van der Waals surface area contributed by atoms with Crippen molar-refractivity contribution in [2.45, 2.75) is 33.0 Å². The number of carbonyl (C=O) groups excluding carboxylic acids is 1. The van der Waals surface area contributed by atoms with Crippen molar-refractivity contribution in [3.05, 3.63) is 29.3 Å². The van der Waals surface area contributed by atoms with Crippen LogP contribution in [0, 0.1) is 0 Å². The molecule has 1 saturated heterocycles. The zero-order valence-corrected chi connectivity index (χ0v) is 12.2. The van der Waals surface area contributed by atoms with Crippen LogP contribution in [0.2, 0.25) is 5.02 Å². The van der Waals surface area contributed by atoms with Gasteiger partial charge in [-0.1, -0.05) is 37.6 Å². The van der Waals surface area contributed by atoms with Crippen molar-refractivity contribution in [2.75, 3.05) is 18.5 Å². The van der Waals surface area contributed by atoms with Crippen LogP contribution in [0.1, 0.15) is 20.8 Å². The Morgan fingerprint density at radius 2 is 2.05 bits per heavy atom. The summed E-state index contributed by atoms with van der Waals surface area (Å²) in [5.41, 5.74) is 0.597. The minimum absolute atomic E-state index is 0.0296. The van der Waals surface area contributed by atoms with Crippen molar-refractivity contribution >= 4 is 23.2 Å². The van der Waals surface area contributed by atoms with Crippen LogP contribution in [0.4, 0.5) is 5.69 Å². The summed E-state index contributed by atoms with van der Waals surface area (Å²) in [6.45, 7) is 6.83. The molecule has 1 aromatic carbocycles. The van der Waals surface area contributed by atoms with E-state index in [0.29, 0.717) is 23.9 Å². The summed E-state index contributed by atoms with van der Waals surface area (Å²) < 4.78 is 10.5. The first-order chi connectivity index (χ1) is 9.16. The molecule has 1 aliphatic heterocycles. The molecule has 1 amide bonds. The van der Waals surface area contributed by atoms with E-state index in [2.05, 4.69) is 5.32 Å². The maximum absolute atomic E-state index is 11.8. The van der Waals surface area contributed by atoms with Crippen molar-refractivity contribution in [3.8, 4) is 0 Å². The predicted molar refractivity (Wildman–Crippen MR) is 76.6 cm³/mol. The lowest BCUT2D eigenvalue weighted by Crippen LogP contribution is -2.41. The highest BCUT2D eigenvalue weighted by Crippen LogP contribution is 2.21. The number of benzene rings is 1. The zero-order chi connectivity index (χ0) is 14.3.